The van der Waals surface area contributed by atoms with Gasteiger partial charge in [-0.15, -0.1) is 0 Å². The summed E-state index contributed by atoms with van der Waals surface area (Å²) in [4.78, 5) is 19.9. The summed E-state index contributed by atoms with van der Waals surface area (Å²) in [6.07, 6.45) is 2.46. The lowest BCUT2D eigenvalue weighted by Gasteiger charge is -2.13. The lowest BCUT2D eigenvalue weighted by atomic mass is 10.1. The predicted molar refractivity (Wildman–Crippen MR) is 88.8 cm³/mol. The monoisotopic (exact) mass is 333 g/mol. The Morgan fingerprint density at radius 2 is 1.91 bits per heavy atom. The largest absolute Gasteiger partial charge is 0.325 e. The first kappa shape index (κ1) is 17.1. The van der Waals surface area contributed by atoms with Crippen LogP contribution in [0.15, 0.2) is 35.6 Å². The third-order valence-corrected chi connectivity index (χ3v) is 4.06. The number of aromatic nitrogens is 2. The second-order valence-electron chi connectivity index (χ2n) is 5.69. The molecule has 0 aliphatic carbocycles. The van der Waals surface area contributed by atoms with Crippen LogP contribution in [0, 0.1) is 12.8 Å². The number of nitrogens with one attached hydrogen (secondary N) is 1. The fraction of sp³-hybridized carbons (Fsp3) is 0.312. The molecule has 1 N–H and O–H groups in total. The molecule has 1 aromatic heterocycles. The molecule has 2 rings (SSSR count). The van der Waals surface area contributed by atoms with E-state index < -0.39 is 9.84 Å². The van der Waals surface area contributed by atoms with Gasteiger partial charge in [0.2, 0.25) is 20.9 Å². The lowest BCUT2D eigenvalue weighted by molar-refractivity contribution is -0.118. The quantitative estimate of drug-likeness (QED) is 0.868. The first-order valence-corrected chi connectivity index (χ1v) is 9.02. The molecule has 0 fully saturated rings. The van der Waals surface area contributed by atoms with Crippen molar-refractivity contribution in [1.29, 1.82) is 0 Å². The summed E-state index contributed by atoms with van der Waals surface area (Å²) in [5, 5.41) is 2.61. The van der Waals surface area contributed by atoms with Crippen molar-refractivity contribution in [3.05, 3.63) is 36.0 Å². The van der Waals surface area contributed by atoms with E-state index in [0.717, 1.165) is 11.8 Å². The molecule has 23 heavy (non-hydrogen) atoms. The van der Waals surface area contributed by atoms with Crippen LogP contribution in [0.1, 0.15) is 19.4 Å². The molecule has 0 saturated carbocycles. The Bertz CT molecular complexity index is 845. The molecule has 0 aliphatic heterocycles. The van der Waals surface area contributed by atoms with Crippen LogP contribution in [0.5, 0.6) is 0 Å². The Kier molecular flexibility index (Phi) is 4.79. The molecule has 0 spiro atoms. The van der Waals surface area contributed by atoms with Crippen LogP contribution in [-0.2, 0) is 14.6 Å². The van der Waals surface area contributed by atoms with Crippen molar-refractivity contribution in [3.8, 4) is 11.3 Å². The molecule has 1 aromatic carbocycles. The van der Waals surface area contributed by atoms with Crippen LogP contribution in [0.2, 0.25) is 0 Å². The maximum absolute atomic E-state index is 12.0. The summed E-state index contributed by atoms with van der Waals surface area (Å²) in [5.74, 6) is -0.284. The minimum absolute atomic E-state index is 0.118. The Labute approximate surface area is 135 Å². The van der Waals surface area contributed by atoms with Gasteiger partial charge in [-0.3, -0.25) is 4.79 Å². The number of carbonyl (C=O) groups excluding carboxylic acids is 1. The van der Waals surface area contributed by atoms with E-state index in [-0.39, 0.29) is 17.0 Å². The summed E-state index contributed by atoms with van der Waals surface area (Å²) in [6.45, 7) is 5.52. The molecule has 6 nitrogen and oxygen atoms in total. The van der Waals surface area contributed by atoms with Crippen molar-refractivity contribution in [2.75, 3.05) is 11.6 Å². The van der Waals surface area contributed by atoms with Crippen LogP contribution in [0.3, 0.4) is 0 Å². The van der Waals surface area contributed by atoms with E-state index in [9.17, 15) is 13.2 Å². The van der Waals surface area contributed by atoms with Gasteiger partial charge in [-0.05, 0) is 25.1 Å². The fourth-order valence-electron chi connectivity index (χ4n) is 1.93. The Balaban J connectivity index is 2.54. The molecule has 0 aliphatic rings. The zero-order valence-electron chi connectivity index (χ0n) is 13.5. The molecule has 0 radical (unpaired) electrons. The van der Waals surface area contributed by atoms with Gasteiger partial charge in [0.25, 0.3) is 0 Å². The highest BCUT2D eigenvalue weighted by Gasteiger charge is 2.16. The SMILES string of the molecule is Cc1ccc(NC(=O)C(C)C)c(-c2ccnc(S(C)(=O)=O)n2)c1. The van der Waals surface area contributed by atoms with Gasteiger partial charge in [-0.1, -0.05) is 25.5 Å². The molecule has 1 heterocycles. The number of anilines is 1. The van der Waals surface area contributed by atoms with Gasteiger partial charge in [0.05, 0.1) is 11.4 Å². The third kappa shape index (κ3) is 4.13. The number of aryl methyl sites for hydroxylation is 1. The minimum Gasteiger partial charge on any atom is -0.325 e. The number of carbonyl (C=O) groups is 1. The summed E-state index contributed by atoms with van der Waals surface area (Å²) in [5.41, 5.74) is 2.67. The minimum atomic E-state index is -3.50. The van der Waals surface area contributed by atoms with Crippen molar-refractivity contribution in [2.45, 2.75) is 25.9 Å². The van der Waals surface area contributed by atoms with E-state index in [0.29, 0.717) is 16.9 Å². The second kappa shape index (κ2) is 6.45. The van der Waals surface area contributed by atoms with E-state index >= 15 is 0 Å². The fourth-order valence-corrected chi connectivity index (χ4v) is 2.44. The van der Waals surface area contributed by atoms with E-state index in [4.69, 9.17) is 0 Å². The van der Waals surface area contributed by atoms with Crippen molar-refractivity contribution in [1.82, 2.24) is 9.97 Å². The smallest absolute Gasteiger partial charge is 0.247 e. The molecule has 0 unspecified atom stereocenters. The highest BCUT2D eigenvalue weighted by Crippen LogP contribution is 2.28. The van der Waals surface area contributed by atoms with Gasteiger partial charge >= 0.3 is 0 Å². The Morgan fingerprint density at radius 1 is 1.22 bits per heavy atom. The number of amides is 1. The zero-order valence-corrected chi connectivity index (χ0v) is 14.3. The van der Waals surface area contributed by atoms with Gasteiger partial charge in [0.15, 0.2) is 0 Å². The van der Waals surface area contributed by atoms with E-state index in [1.807, 2.05) is 19.1 Å². The predicted octanol–water partition coefficient (Wildman–Crippen LogP) is 2.45. The second-order valence-corrected chi connectivity index (χ2v) is 7.60. The number of sulfone groups is 1. The highest BCUT2D eigenvalue weighted by atomic mass is 32.2. The standard InChI is InChI=1S/C16H19N3O3S/c1-10(2)15(20)18-13-6-5-11(3)9-12(13)14-7-8-17-16(19-14)23(4,21)22/h5-10H,1-4H3,(H,18,20). The number of nitrogens with zero attached hydrogens (tertiary/aromatic N) is 2. The summed E-state index contributed by atoms with van der Waals surface area (Å²) in [6, 6.07) is 7.13. The van der Waals surface area contributed by atoms with Crippen molar-refractivity contribution in [3.63, 3.8) is 0 Å². The van der Waals surface area contributed by atoms with Crippen LogP contribution < -0.4 is 5.32 Å². The number of rotatable bonds is 4. The van der Waals surface area contributed by atoms with E-state index in [1.165, 1.54) is 6.20 Å². The normalized spacial score (nSPS) is 11.5. The average Bonchev–Trinajstić information content (AvgIpc) is 2.48. The van der Waals surface area contributed by atoms with E-state index in [1.54, 1.807) is 26.0 Å². The molecular weight excluding hydrogens is 314 g/mol. The van der Waals surface area contributed by atoms with Crippen molar-refractivity contribution >= 4 is 21.4 Å². The molecule has 0 saturated heterocycles. The molecule has 2 aromatic rings. The molecule has 122 valence electrons. The third-order valence-electron chi connectivity index (χ3n) is 3.20. The van der Waals surface area contributed by atoms with Crippen LogP contribution in [0.4, 0.5) is 5.69 Å². The van der Waals surface area contributed by atoms with Gasteiger partial charge in [-0.2, -0.15) is 0 Å². The molecule has 0 atom stereocenters. The van der Waals surface area contributed by atoms with Gasteiger partial charge in [0, 0.05) is 23.9 Å². The van der Waals surface area contributed by atoms with Gasteiger partial charge < -0.3 is 5.32 Å². The highest BCUT2D eigenvalue weighted by molar-refractivity contribution is 7.90. The number of hydrogen-bond donors (Lipinski definition) is 1. The summed E-state index contributed by atoms with van der Waals surface area (Å²) < 4.78 is 23.3. The number of benzene rings is 1. The summed E-state index contributed by atoms with van der Waals surface area (Å²) in [7, 11) is -3.50. The molecule has 7 heteroatoms. The first-order valence-electron chi connectivity index (χ1n) is 7.13. The molecule has 1 amide bonds. The Morgan fingerprint density at radius 3 is 2.52 bits per heavy atom. The average molecular weight is 333 g/mol. The zero-order chi connectivity index (χ0) is 17.2. The lowest BCUT2D eigenvalue weighted by Crippen LogP contribution is -2.18. The van der Waals surface area contributed by atoms with Crippen LogP contribution in [-0.4, -0.2) is 30.5 Å². The Hall–Kier alpha value is -2.28. The maximum Gasteiger partial charge on any atom is 0.247 e. The van der Waals surface area contributed by atoms with Crippen LogP contribution in [0.25, 0.3) is 11.3 Å². The van der Waals surface area contributed by atoms with E-state index in [2.05, 4.69) is 15.3 Å². The topological polar surface area (TPSA) is 89.0 Å². The van der Waals surface area contributed by atoms with Crippen molar-refractivity contribution < 1.29 is 13.2 Å². The first-order chi connectivity index (χ1) is 10.7. The maximum atomic E-state index is 12.0. The van der Waals surface area contributed by atoms with Gasteiger partial charge in [-0.25, -0.2) is 18.4 Å². The number of hydrogen-bond acceptors (Lipinski definition) is 5. The van der Waals surface area contributed by atoms with Crippen molar-refractivity contribution in [2.24, 2.45) is 5.92 Å². The van der Waals surface area contributed by atoms with Gasteiger partial charge in [0.1, 0.15) is 0 Å². The molecule has 0 bridgehead atoms. The molecular formula is C16H19N3O3S. The summed E-state index contributed by atoms with van der Waals surface area (Å²) >= 11 is 0. The van der Waals surface area contributed by atoms with Crippen LogP contribution >= 0.6 is 0 Å².